The average molecular weight is 283 g/mol. The molecule has 1 unspecified atom stereocenters. The van der Waals surface area contributed by atoms with Crippen molar-refractivity contribution in [2.24, 2.45) is 5.92 Å². The Kier molecular flexibility index (Phi) is 3.41. The second-order valence-electron chi connectivity index (χ2n) is 5.44. The third kappa shape index (κ3) is 2.45. The third-order valence-corrected chi connectivity index (χ3v) is 3.79. The lowest BCUT2D eigenvalue weighted by Gasteiger charge is -2.22. The van der Waals surface area contributed by atoms with Gasteiger partial charge in [-0.1, -0.05) is 0 Å². The maximum Gasteiger partial charge on any atom is 0.325 e. The second kappa shape index (κ2) is 4.77. The largest absolute Gasteiger partial charge is 0.480 e. The molecule has 1 saturated heterocycles. The number of hydrogen-bond donors (Lipinski definition) is 2. The van der Waals surface area contributed by atoms with Gasteiger partial charge in [0.05, 0.1) is 0 Å². The van der Waals surface area contributed by atoms with E-state index in [-0.39, 0.29) is 5.92 Å². The number of carboxylic acid groups (broad SMARTS) is 1. The van der Waals surface area contributed by atoms with Crippen molar-refractivity contribution in [3.8, 4) is 0 Å². The molecule has 2 aliphatic rings. The van der Waals surface area contributed by atoms with E-state index in [1.807, 2.05) is 0 Å². The van der Waals surface area contributed by atoms with E-state index in [1.54, 1.807) is 6.92 Å². The molecule has 0 aromatic heterocycles. The summed E-state index contributed by atoms with van der Waals surface area (Å²) < 4.78 is 0. The first-order valence-electron chi connectivity index (χ1n) is 6.35. The Labute approximate surface area is 115 Å². The van der Waals surface area contributed by atoms with Crippen LogP contribution >= 0.6 is 0 Å². The van der Waals surface area contributed by atoms with Gasteiger partial charge >= 0.3 is 12.0 Å². The van der Waals surface area contributed by atoms with E-state index in [0.717, 1.165) is 22.6 Å². The summed E-state index contributed by atoms with van der Waals surface area (Å²) in [4.78, 5) is 48.2. The molecule has 0 aromatic carbocycles. The van der Waals surface area contributed by atoms with Crippen molar-refractivity contribution in [3.05, 3.63) is 0 Å². The van der Waals surface area contributed by atoms with Gasteiger partial charge in [-0.25, -0.2) is 4.79 Å². The summed E-state index contributed by atoms with van der Waals surface area (Å²) in [7, 11) is 1.31. The highest BCUT2D eigenvalue weighted by atomic mass is 16.4. The number of hydrogen-bond acceptors (Lipinski definition) is 4. The fourth-order valence-corrected chi connectivity index (χ4v) is 2.34. The zero-order chi connectivity index (χ0) is 15.1. The van der Waals surface area contributed by atoms with Crippen molar-refractivity contribution < 1.29 is 24.3 Å². The van der Waals surface area contributed by atoms with Crippen molar-refractivity contribution in [2.75, 3.05) is 20.1 Å². The van der Waals surface area contributed by atoms with Crippen molar-refractivity contribution in [3.63, 3.8) is 0 Å². The minimum atomic E-state index is -1.15. The summed E-state index contributed by atoms with van der Waals surface area (Å²) in [6.45, 7) is 0.759. The van der Waals surface area contributed by atoms with Crippen molar-refractivity contribution >= 4 is 23.8 Å². The molecular formula is C12H17N3O5. The highest BCUT2D eigenvalue weighted by Crippen LogP contribution is 2.42. The van der Waals surface area contributed by atoms with Gasteiger partial charge in [-0.2, -0.15) is 0 Å². The van der Waals surface area contributed by atoms with E-state index in [0.29, 0.717) is 0 Å². The molecule has 1 aliphatic carbocycles. The van der Waals surface area contributed by atoms with Crippen LogP contribution in [0.25, 0.3) is 0 Å². The molecule has 1 aliphatic heterocycles. The highest BCUT2D eigenvalue weighted by molar-refractivity contribution is 6.09. The van der Waals surface area contributed by atoms with E-state index in [2.05, 4.69) is 5.32 Å². The number of nitrogens with one attached hydrogen (secondary N) is 1. The van der Waals surface area contributed by atoms with Gasteiger partial charge in [0, 0.05) is 7.05 Å². The summed E-state index contributed by atoms with van der Waals surface area (Å²) in [5.74, 6) is -2.03. The molecule has 1 atom stereocenters. The molecular weight excluding hydrogens is 266 g/mol. The number of imide groups is 1. The van der Waals surface area contributed by atoms with Gasteiger partial charge in [-0.05, 0) is 25.7 Å². The van der Waals surface area contributed by atoms with Crippen LogP contribution in [-0.2, 0) is 14.4 Å². The SMILES string of the molecule is CN(CC(=O)O)C(=O)CN1C(=O)NC(C)(C2CC2)C1=O. The number of rotatable bonds is 5. The molecule has 4 amide bonds. The summed E-state index contributed by atoms with van der Waals surface area (Å²) >= 11 is 0. The number of urea groups is 1. The lowest BCUT2D eigenvalue weighted by molar-refractivity contribution is -0.144. The number of likely N-dealkylation sites (N-methyl/N-ethyl adjacent to an activating group) is 1. The lowest BCUT2D eigenvalue weighted by Crippen LogP contribution is -2.47. The summed E-state index contributed by atoms with van der Waals surface area (Å²) in [5.41, 5.74) is -0.928. The first-order chi connectivity index (χ1) is 9.25. The van der Waals surface area contributed by atoms with Crippen molar-refractivity contribution in [2.45, 2.75) is 25.3 Å². The molecule has 1 heterocycles. The molecule has 0 bridgehead atoms. The van der Waals surface area contributed by atoms with Crippen LogP contribution in [0.5, 0.6) is 0 Å². The summed E-state index contributed by atoms with van der Waals surface area (Å²) in [6, 6.07) is -0.596. The predicted molar refractivity (Wildman–Crippen MR) is 66.6 cm³/mol. The van der Waals surface area contributed by atoms with E-state index >= 15 is 0 Å². The van der Waals surface area contributed by atoms with Crippen LogP contribution in [0.1, 0.15) is 19.8 Å². The van der Waals surface area contributed by atoms with Gasteiger partial charge in [-0.15, -0.1) is 0 Å². The second-order valence-corrected chi connectivity index (χ2v) is 5.44. The van der Waals surface area contributed by atoms with Crippen LogP contribution in [0.3, 0.4) is 0 Å². The molecule has 2 fully saturated rings. The zero-order valence-electron chi connectivity index (χ0n) is 11.4. The van der Waals surface area contributed by atoms with Crippen LogP contribution in [0.15, 0.2) is 0 Å². The first kappa shape index (κ1) is 14.3. The number of nitrogens with zero attached hydrogens (tertiary/aromatic N) is 2. The minimum absolute atomic E-state index is 0.121. The molecule has 0 aromatic rings. The number of carbonyl (C=O) groups excluding carboxylic acids is 3. The number of amides is 4. The van der Waals surface area contributed by atoms with E-state index < -0.39 is 42.4 Å². The van der Waals surface area contributed by atoms with Crippen LogP contribution in [0.2, 0.25) is 0 Å². The number of carbonyl (C=O) groups is 4. The Morgan fingerprint density at radius 2 is 2.05 bits per heavy atom. The smallest absolute Gasteiger partial charge is 0.325 e. The lowest BCUT2D eigenvalue weighted by atomic mass is 9.96. The molecule has 1 saturated carbocycles. The Morgan fingerprint density at radius 3 is 2.55 bits per heavy atom. The highest BCUT2D eigenvalue weighted by Gasteiger charge is 2.56. The maximum absolute atomic E-state index is 12.3. The quantitative estimate of drug-likeness (QED) is 0.646. The van der Waals surface area contributed by atoms with Gasteiger partial charge < -0.3 is 15.3 Å². The molecule has 20 heavy (non-hydrogen) atoms. The van der Waals surface area contributed by atoms with Crippen LogP contribution in [0.4, 0.5) is 4.79 Å². The minimum Gasteiger partial charge on any atom is -0.480 e. The van der Waals surface area contributed by atoms with Crippen molar-refractivity contribution in [1.82, 2.24) is 15.1 Å². The van der Waals surface area contributed by atoms with E-state index in [4.69, 9.17) is 5.11 Å². The van der Waals surface area contributed by atoms with Gasteiger partial charge in [-0.3, -0.25) is 19.3 Å². The molecule has 2 N–H and O–H groups in total. The molecule has 2 rings (SSSR count). The molecule has 0 spiro atoms. The van der Waals surface area contributed by atoms with E-state index in [9.17, 15) is 19.2 Å². The standard InChI is InChI=1S/C12H17N3O5/c1-12(7-3-4-7)10(19)15(11(20)13-12)5-8(16)14(2)6-9(17)18/h7H,3-6H2,1-2H3,(H,13,20)(H,17,18). The number of aliphatic carboxylic acids is 1. The molecule has 8 heteroatoms. The predicted octanol–water partition coefficient (Wildman–Crippen LogP) is -0.750. The monoisotopic (exact) mass is 283 g/mol. The van der Waals surface area contributed by atoms with Crippen LogP contribution in [0, 0.1) is 5.92 Å². The van der Waals surface area contributed by atoms with Crippen LogP contribution in [-0.4, -0.2) is 64.4 Å². The normalized spacial score (nSPS) is 25.6. The van der Waals surface area contributed by atoms with Gasteiger partial charge in [0.1, 0.15) is 18.6 Å². The van der Waals surface area contributed by atoms with Crippen molar-refractivity contribution in [1.29, 1.82) is 0 Å². The average Bonchev–Trinajstić information content (AvgIpc) is 3.14. The topological polar surface area (TPSA) is 107 Å². The maximum atomic E-state index is 12.3. The summed E-state index contributed by atoms with van der Waals surface area (Å²) in [5, 5.41) is 11.2. The Balaban J connectivity index is 2.02. The number of carboxylic acids is 1. The Bertz CT molecular complexity index is 487. The van der Waals surface area contributed by atoms with Gasteiger partial charge in [0.25, 0.3) is 5.91 Å². The first-order valence-corrected chi connectivity index (χ1v) is 6.35. The van der Waals surface area contributed by atoms with Crippen LogP contribution < -0.4 is 5.32 Å². The fraction of sp³-hybridized carbons (Fsp3) is 0.667. The Hall–Kier alpha value is -2.12. The molecule has 8 nitrogen and oxygen atoms in total. The van der Waals surface area contributed by atoms with E-state index in [1.165, 1.54) is 7.05 Å². The molecule has 0 radical (unpaired) electrons. The summed E-state index contributed by atoms with van der Waals surface area (Å²) in [6.07, 6.45) is 1.76. The third-order valence-electron chi connectivity index (χ3n) is 3.79. The van der Waals surface area contributed by atoms with Gasteiger partial charge in [0.15, 0.2) is 0 Å². The Morgan fingerprint density at radius 1 is 1.45 bits per heavy atom. The fourth-order valence-electron chi connectivity index (χ4n) is 2.34. The molecule has 110 valence electrons. The van der Waals surface area contributed by atoms with Gasteiger partial charge in [0.2, 0.25) is 5.91 Å². The zero-order valence-corrected chi connectivity index (χ0v) is 11.4.